The first kappa shape index (κ1) is 27.9. The minimum absolute atomic E-state index is 0.0127. The normalized spacial score (nSPS) is 34.4. The number of hydrogen-bond acceptors (Lipinski definition) is 3. The van der Waals surface area contributed by atoms with Crippen LogP contribution >= 0.6 is 0 Å². The van der Waals surface area contributed by atoms with Crippen molar-refractivity contribution in [1.82, 2.24) is 14.7 Å². The van der Waals surface area contributed by atoms with Crippen molar-refractivity contribution in [3.8, 4) is 0 Å². The van der Waals surface area contributed by atoms with Crippen molar-refractivity contribution in [3.63, 3.8) is 0 Å². The van der Waals surface area contributed by atoms with Gasteiger partial charge >= 0.3 is 6.03 Å². The van der Waals surface area contributed by atoms with Gasteiger partial charge in [-0.1, -0.05) is 26.0 Å². The lowest BCUT2D eigenvalue weighted by atomic mass is 9.48. The van der Waals surface area contributed by atoms with Crippen LogP contribution in [0.1, 0.15) is 86.5 Å². The van der Waals surface area contributed by atoms with E-state index in [0.717, 1.165) is 63.6 Å². The molecule has 0 unspecified atom stereocenters. The summed E-state index contributed by atoms with van der Waals surface area (Å²) in [6.07, 6.45) is 11.7. The van der Waals surface area contributed by atoms with Crippen LogP contribution in [0.15, 0.2) is 23.3 Å². The second-order valence-electron chi connectivity index (χ2n) is 12.4. The van der Waals surface area contributed by atoms with Crippen molar-refractivity contribution in [3.05, 3.63) is 23.3 Å². The number of imide groups is 1. The minimum atomic E-state index is -0.169. The monoisotopic (exact) mass is 511 g/mol. The number of amides is 4. The zero-order chi connectivity index (χ0) is 27.1. The van der Waals surface area contributed by atoms with E-state index in [2.05, 4.69) is 39.8 Å². The predicted molar refractivity (Wildman–Crippen MR) is 148 cm³/mol. The maximum atomic E-state index is 13.7. The lowest BCUT2D eigenvalue weighted by Gasteiger charge is -2.57. The van der Waals surface area contributed by atoms with Gasteiger partial charge in [0.2, 0.25) is 11.8 Å². The molecule has 206 valence electrons. The van der Waals surface area contributed by atoms with E-state index in [1.165, 1.54) is 10.5 Å². The summed E-state index contributed by atoms with van der Waals surface area (Å²) in [5, 5.41) is 0. The minimum Gasteiger partial charge on any atom is -0.339 e. The third-order valence-corrected chi connectivity index (χ3v) is 11.0. The fourth-order valence-corrected chi connectivity index (χ4v) is 8.65. The lowest BCUT2D eigenvalue weighted by Crippen LogP contribution is -2.52. The van der Waals surface area contributed by atoms with Gasteiger partial charge in [0.15, 0.2) is 0 Å². The maximum Gasteiger partial charge on any atom is 0.326 e. The molecular formula is C31H49N3O3. The van der Waals surface area contributed by atoms with Crippen LogP contribution in [0.5, 0.6) is 0 Å². The second-order valence-corrected chi connectivity index (χ2v) is 12.4. The summed E-state index contributed by atoms with van der Waals surface area (Å²) in [4.78, 5) is 44.7. The molecule has 0 N–H and O–H groups in total. The number of carbonyl (C=O) groups excluding carboxylic acids is 3. The van der Waals surface area contributed by atoms with Crippen LogP contribution in [-0.2, 0) is 9.59 Å². The van der Waals surface area contributed by atoms with Crippen LogP contribution in [-0.4, -0.2) is 65.8 Å². The standard InChI is InChI=1S/C31H49N3O3/c1-8-33(9-2)27(35)21-16-18-30(5)22(20-21)12-13-23-24-14-15-26(31(24,6)19-17-25(23)30)28(36)32(7)29(37)34(10-3)11-4/h12,20,23-26H,8-11,13-19H2,1-7H3/t23-,24-,25-,26+,30-,31-/m0/s1. The molecular weight excluding hydrogens is 462 g/mol. The Balaban J connectivity index is 1.55. The van der Waals surface area contributed by atoms with Gasteiger partial charge in [0.25, 0.3) is 0 Å². The number of allylic oxidation sites excluding steroid dienone is 3. The number of hydrogen-bond donors (Lipinski definition) is 0. The first-order valence-corrected chi connectivity index (χ1v) is 14.8. The first-order chi connectivity index (χ1) is 17.6. The van der Waals surface area contributed by atoms with E-state index in [9.17, 15) is 14.4 Å². The molecule has 6 atom stereocenters. The van der Waals surface area contributed by atoms with Crippen LogP contribution in [0, 0.1) is 34.5 Å². The van der Waals surface area contributed by atoms with Crippen LogP contribution in [0.3, 0.4) is 0 Å². The van der Waals surface area contributed by atoms with Crippen molar-refractivity contribution >= 4 is 17.8 Å². The maximum absolute atomic E-state index is 13.7. The quantitative estimate of drug-likeness (QED) is 0.447. The van der Waals surface area contributed by atoms with Gasteiger partial charge in [-0.3, -0.25) is 14.5 Å². The Morgan fingerprint density at radius 2 is 1.54 bits per heavy atom. The molecule has 4 aliphatic carbocycles. The van der Waals surface area contributed by atoms with Crippen molar-refractivity contribution in [1.29, 1.82) is 0 Å². The van der Waals surface area contributed by atoms with E-state index in [-0.39, 0.29) is 34.6 Å². The molecule has 6 heteroatoms. The molecule has 0 heterocycles. The van der Waals surface area contributed by atoms with Crippen molar-refractivity contribution < 1.29 is 14.4 Å². The molecule has 0 aromatic carbocycles. The molecule has 37 heavy (non-hydrogen) atoms. The third-order valence-electron chi connectivity index (χ3n) is 11.0. The van der Waals surface area contributed by atoms with Gasteiger partial charge in [-0.15, -0.1) is 0 Å². The summed E-state index contributed by atoms with van der Waals surface area (Å²) in [7, 11) is 1.67. The molecule has 4 rings (SSSR count). The fourth-order valence-electron chi connectivity index (χ4n) is 8.65. The van der Waals surface area contributed by atoms with Gasteiger partial charge in [0.05, 0.1) is 0 Å². The molecule has 0 aromatic rings. The number of nitrogens with zero attached hydrogens (tertiary/aromatic N) is 3. The zero-order valence-corrected chi connectivity index (χ0v) is 24.3. The van der Waals surface area contributed by atoms with Gasteiger partial charge in [0, 0.05) is 44.7 Å². The molecule has 0 aromatic heterocycles. The van der Waals surface area contributed by atoms with Crippen LogP contribution in [0.4, 0.5) is 4.79 Å². The summed E-state index contributed by atoms with van der Waals surface area (Å²) >= 11 is 0. The average Bonchev–Trinajstić information content (AvgIpc) is 3.25. The summed E-state index contributed by atoms with van der Waals surface area (Å²) in [5.41, 5.74) is 2.40. The summed E-state index contributed by atoms with van der Waals surface area (Å²) in [6, 6.07) is -0.169. The van der Waals surface area contributed by atoms with Crippen LogP contribution < -0.4 is 0 Å². The predicted octanol–water partition coefficient (Wildman–Crippen LogP) is 5.89. The Hall–Kier alpha value is -2.11. The summed E-state index contributed by atoms with van der Waals surface area (Å²) in [6.45, 7) is 15.5. The summed E-state index contributed by atoms with van der Waals surface area (Å²) in [5.74, 6) is 1.81. The topological polar surface area (TPSA) is 60.9 Å². The van der Waals surface area contributed by atoms with Crippen LogP contribution in [0.25, 0.3) is 0 Å². The van der Waals surface area contributed by atoms with E-state index >= 15 is 0 Å². The fraction of sp³-hybridized carbons (Fsp3) is 0.774. The molecule has 0 spiro atoms. The highest BCUT2D eigenvalue weighted by atomic mass is 16.2. The Bertz CT molecular complexity index is 978. The Kier molecular flexibility index (Phi) is 7.97. The highest BCUT2D eigenvalue weighted by Gasteiger charge is 2.60. The molecule has 4 aliphatic rings. The molecule has 0 aliphatic heterocycles. The highest BCUT2D eigenvalue weighted by molar-refractivity contribution is 5.96. The van der Waals surface area contributed by atoms with E-state index in [1.54, 1.807) is 11.9 Å². The van der Waals surface area contributed by atoms with Gasteiger partial charge in [-0.2, -0.15) is 0 Å². The largest absolute Gasteiger partial charge is 0.339 e. The zero-order valence-electron chi connectivity index (χ0n) is 24.3. The van der Waals surface area contributed by atoms with Crippen molar-refractivity contribution in [2.75, 3.05) is 33.2 Å². The average molecular weight is 512 g/mol. The van der Waals surface area contributed by atoms with Crippen LogP contribution in [0.2, 0.25) is 0 Å². The van der Waals surface area contributed by atoms with Crippen molar-refractivity contribution in [2.45, 2.75) is 86.5 Å². The number of likely N-dealkylation sites (N-methyl/N-ethyl adjacent to an activating group) is 1. The molecule has 2 fully saturated rings. The SMILES string of the molecule is CCN(CC)C(=O)C1=CC2=CC[C@H]3[C@@H]4CC[C@H](C(=O)N(C)C(=O)N(CC)CC)[C@@]4(C)CC[C@@H]3[C@@]2(C)CC1. The number of carbonyl (C=O) groups is 3. The lowest BCUT2D eigenvalue weighted by molar-refractivity contribution is -0.138. The van der Waals surface area contributed by atoms with E-state index in [0.29, 0.717) is 30.8 Å². The number of rotatable bonds is 6. The van der Waals surface area contributed by atoms with E-state index in [4.69, 9.17) is 0 Å². The first-order valence-electron chi connectivity index (χ1n) is 14.8. The van der Waals surface area contributed by atoms with Crippen molar-refractivity contribution in [2.24, 2.45) is 34.5 Å². The van der Waals surface area contributed by atoms with Gasteiger partial charge in [-0.25, -0.2) is 4.79 Å². The Morgan fingerprint density at radius 1 is 0.892 bits per heavy atom. The third kappa shape index (κ3) is 4.46. The highest BCUT2D eigenvalue weighted by Crippen LogP contribution is 2.66. The van der Waals surface area contributed by atoms with Gasteiger partial charge in [-0.05, 0) is 107 Å². The molecule has 0 saturated heterocycles. The molecule has 2 saturated carbocycles. The van der Waals surface area contributed by atoms with Gasteiger partial charge in [0.1, 0.15) is 0 Å². The second kappa shape index (κ2) is 10.6. The van der Waals surface area contributed by atoms with E-state index in [1.807, 2.05) is 18.7 Å². The Labute approximate surface area is 224 Å². The van der Waals surface area contributed by atoms with E-state index < -0.39 is 0 Å². The summed E-state index contributed by atoms with van der Waals surface area (Å²) < 4.78 is 0. The molecule has 4 amide bonds. The number of urea groups is 1. The number of fused-ring (bicyclic) bond motifs is 5. The molecule has 0 radical (unpaired) electrons. The smallest absolute Gasteiger partial charge is 0.326 e. The molecule has 0 bridgehead atoms. The Morgan fingerprint density at radius 3 is 2.16 bits per heavy atom. The molecule has 6 nitrogen and oxygen atoms in total. The van der Waals surface area contributed by atoms with Gasteiger partial charge < -0.3 is 9.80 Å².